The molecule has 2 atom stereocenters. The lowest BCUT2D eigenvalue weighted by Crippen LogP contribution is -2.45. The Morgan fingerprint density at radius 3 is 2.61 bits per heavy atom. The maximum Gasteiger partial charge on any atom is 0.389 e. The Balaban J connectivity index is 2.44. The fourth-order valence-corrected chi connectivity index (χ4v) is 3.34. The van der Waals surface area contributed by atoms with E-state index in [1.165, 1.54) is 12.2 Å². The van der Waals surface area contributed by atoms with Crippen LogP contribution in [-0.2, 0) is 14.4 Å². The standard InChI is InChI=1S/C23H25F3N4O3/c1-4-7-14(5-2)19-16-9-6-8-13(3)18(16)29-22(33)20(28-19)30-21(32)15(12-17(27)31)10-11-23(24,25)26/h4-9,15,20H,1-2,10-12H2,3H3,(H2,27,31)(H,29,33)(H,30,32)/b14-7+/t15-,20-/m1/s1. The molecule has 0 aliphatic carbocycles. The molecule has 1 aliphatic rings. The molecule has 3 amide bonds. The van der Waals surface area contributed by atoms with Crippen LogP contribution in [0.3, 0.4) is 0 Å². The summed E-state index contributed by atoms with van der Waals surface area (Å²) in [4.78, 5) is 41.3. The van der Waals surface area contributed by atoms with E-state index in [1.54, 1.807) is 31.2 Å². The first-order valence-electron chi connectivity index (χ1n) is 10.1. The van der Waals surface area contributed by atoms with Crippen LogP contribution in [0.5, 0.6) is 0 Å². The number of amides is 3. The number of nitrogens with one attached hydrogen (secondary N) is 2. The highest BCUT2D eigenvalue weighted by atomic mass is 19.4. The highest BCUT2D eigenvalue weighted by Crippen LogP contribution is 2.28. The van der Waals surface area contributed by atoms with Gasteiger partial charge in [-0.05, 0) is 24.5 Å². The zero-order valence-electron chi connectivity index (χ0n) is 18.0. The minimum absolute atomic E-state index is 0.328. The summed E-state index contributed by atoms with van der Waals surface area (Å²) >= 11 is 0. The zero-order chi connectivity index (χ0) is 24.8. The second kappa shape index (κ2) is 10.8. The van der Waals surface area contributed by atoms with Crippen molar-refractivity contribution in [3.63, 3.8) is 0 Å². The van der Waals surface area contributed by atoms with Gasteiger partial charge in [-0.15, -0.1) is 0 Å². The van der Waals surface area contributed by atoms with Crippen LogP contribution in [0.2, 0.25) is 0 Å². The molecule has 1 aromatic rings. The predicted molar refractivity (Wildman–Crippen MR) is 119 cm³/mol. The quantitative estimate of drug-likeness (QED) is 0.489. The summed E-state index contributed by atoms with van der Waals surface area (Å²) in [6.07, 6.45) is -3.90. The predicted octanol–water partition coefficient (Wildman–Crippen LogP) is 3.31. The molecule has 1 aromatic carbocycles. The molecule has 0 saturated carbocycles. The number of aliphatic imine (C=N–C) groups is 1. The van der Waals surface area contributed by atoms with E-state index in [-0.39, 0.29) is 0 Å². The van der Waals surface area contributed by atoms with Gasteiger partial charge in [0.05, 0.1) is 11.4 Å². The molecular weight excluding hydrogens is 437 g/mol. The number of alkyl halides is 3. The first-order chi connectivity index (χ1) is 15.5. The molecule has 0 fully saturated rings. The number of nitrogens with two attached hydrogens (primary N) is 1. The summed E-state index contributed by atoms with van der Waals surface area (Å²) in [5, 5.41) is 5.06. The Hall–Kier alpha value is -3.69. The molecule has 1 heterocycles. The van der Waals surface area contributed by atoms with Gasteiger partial charge < -0.3 is 16.4 Å². The smallest absolute Gasteiger partial charge is 0.370 e. The number of anilines is 1. The lowest BCUT2D eigenvalue weighted by Gasteiger charge is -2.19. The minimum atomic E-state index is -4.52. The van der Waals surface area contributed by atoms with Gasteiger partial charge in [-0.2, -0.15) is 13.2 Å². The summed E-state index contributed by atoms with van der Waals surface area (Å²) < 4.78 is 38.0. The van der Waals surface area contributed by atoms with Crippen LogP contribution < -0.4 is 16.4 Å². The number of halogens is 3. The van der Waals surface area contributed by atoms with Crippen molar-refractivity contribution < 1.29 is 27.6 Å². The molecule has 0 unspecified atom stereocenters. The van der Waals surface area contributed by atoms with Crippen LogP contribution in [0.4, 0.5) is 18.9 Å². The molecule has 0 saturated heterocycles. The second-order valence-electron chi connectivity index (χ2n) is 7.46. The van der Waals surface area contributed by atoms with Crippen molar-refractivity contribution in [2.75, 3.05) is 5.32 Å². The number of carbonyl (C=O) groups is 3. The lowest BCUT2D eigenvalue weighted by molar-refractivity contribution is -0.143. The third-order valence-corrected chi connectivity index (χ3v) is 4.95. The molecule has 33 heavy (non-hydrogen) atoms. The number of fused-ring (bicyclic) bond motifs is 1. The van der Waals surface area contributed by atoms with Crippen molar-refractivity contribution in [3.8, 4) is 0 Å². The molecule has 0 bridgehead atoms. The third kappa shape index (κ3) is 6.90. The molecule has 0 spiro atoms. The van der Waals surface area contributed by atoms with Gasteiger partial charge in [0.15, 0.2) is 0 Å². The molecule has 1 aliphatic heterocycles. The van der Waals surface area contributed by atoms with Crippen LogP contribution in [-0.4, -0.2) is 35.8 Å². The summed E-state index contributed by atoms with van der Waals surface area (Å²) in [6, 6.07) is 5.27. The van der Waals surface area contributed by atoms with E-state index in [4.69, 9.17) is 5.73 Å². The zero-order valence-corrected chi connectivity index (χ0v) is 18.0. The summed E-state index contributed by atoms with van der Waals surface area (Å²) in [6.45, 7) is 9.17. The van der Waals surface area contributed by atoms with Gasteiger partial charge in [0, 0.05) is 24.3 Å². The molecule has 10 heteroatoms. The van der Waals surface area contributed by atoms with Crippen LogP contribution in [0.25, 0.3) is 0 Å². The Morgan fingerprint density at radius 1 is 1.33 bits per heavy atom. The topological polar surface area (TPSA) is 114 Å². The van der Waals surface area contributed by atoms with E-state index in [0.29, 0.717) is 22.5 Å². The lowest BCUT2D eigenvalue weighted by atomic mass is 9.97. The van der Waals surface area contributed by atoms with Crippen molar-refractivity contribution >= 4 is 29.1 Å². The fourth-order valence-electron chi connectivity index (χ4n) is 3.34. The highest BCUT2D eigenvalue weighted by molar-refractivity contribution is 6.21. The average Bonchev–Trinajstić information content (AvgIpc) is 2.86. The number of hydrogen-bond acceptors (Lipinski definition) is 4. The number of nitrogens with zero attached hydrogens (tertiary/aromatic N) is 1. The van der Waals surface area contributed by atoms with Crippen molar-refractivity contribution in [3.05, 3.63) is 66.3 Å². The first-order valence-corrected chi connectivity index (χ1v) is 10.1. The van der Waals surface area contributed by atoms with Gasteiger partial charge in [0.1, 0.15) is 0 Å². The maximum atomic E-state index is 12.9. The van der Waals surface area contributed by atoms with Crippen molar-refractivity contribution in [2.45, 2.75) is 38.5 Å². The number of benzene rings is 1. The average molecular weight is 462 g/mol. The van der Waals surface area contributed by atoms with Gasteiger partial charge >= 0.3 is 6.18 Å². The number of primary amides is 1. The largest absolute Gasteiger partial charge is 0.389 e. The van der Waals surface area contributed by atoms with Crippen LogP contribution in [0.15, 0.2) is 60.2 Å². The van der Waals surface area contributed by atoms with Crippen molar-refractivity contribution in [1.82, 2.24) is 5.32 Å². The SMILES string of the molecule is C=C/C=C(\C=C)C1=N[C@H](NC(=O)[C@H](CCC(F)(F)F)CC(N)=O)C(=O)Nc2c(C)cccc21. The molecule has 4 N–H and O–H groups in total. The third-order valence-electron chi connectivity index (χ3n) is 4.95. The first kappa shape index (κ1) is 25.6. The van der Waals surface area contributed by atoms with Crippen LogP contribution >= 0.6 is 0 Å². The normalized spacial score (nSPS) is 17.1. The number of benzodiazepines with no additional fused rings is 1. The van der Waals surface area contributed by atoms with E-state index in [9.17, 15) is 27.6 Å². The number of allylic oxidation sites excluding steroid dienone is 4. The van der Waals surface area contributed by atoms with E-state index >= 15 is 0 Å². The number of rotatable bonds is 9. The number of hydrogen-bond donors (Lipinski definition) is 3. The molecule has 2 rings (SSSR count). The summed E-state index contributed by atoms with van der Waals surface area (Å²) in [7, 11) is 0. The molecule has 0 aromatic heterocycles. The molecule has 7 nitrogen and oxygen atoms in total. The van der Waals surface area contributed by atoms with E-state index in [0.717, 1.165) is 5.56 Å². The second-order valence-corrected chi connectivity index (χ2v) is 7.46. The fraction of sp³-hybridized carbons (Fsp3) is 0.304. The number of aryl methyl sites for hydroxylation is 1. The minimum Gasteiger partial charge on any atom is -0.370 e. The molecular formula is C23H25F3N4O3. The van der Waals surface area contributed by atoms with Gasteiger partial charge in [-0.3, -0.25) is 14.4 Å². The Morgan fingerprint density at radius 2 is 2.03 bits per heavy atom. The van der Waals surface area contributed by atoms with Crippen LogP contribution in [0.1, 0.15) is 30.4 Å². The molecule has 0 radical (unpaired) electrons. The van der Waals surface area contributed by atoms with Crippen molar-refractivity contribution in [2.24, 2.45) is 16.6 Å². The Labute approximate surface area is 189 Å². The number of carbonyl (C=O) groups excluding carboxylic acids is 3. The van der Waals surface area contributed by atoms with Gasteiger partial charge in [-0.1, -0.05) is 49.6 Å². The summed E-state index contributed by atoms with van der Waals surface area (Å²) in [5.41, 5.74) is 7.73. The van der Waals surface area contributed by atoms with Gasteiger partial charge in [0.25, 0.3) is 5.91 Å². The van der Waals surface area contributed by atoms with Gasteiger partial charge in [-0.25, -0.2) is 4.99 Å². The summed E-state index contributed by atoms with van der Waals surface area (Å²) in [5.74, 6) is -3.93. The monoisotopic (exact) mass is 462 g/mol. The van der Waals surface area contributed by atoms with Crippen molar-refractivity contribution in [1.29, 1.82) is 0 Å². The maximum absolute atomic E-state index is 12.9. The highest BCUT2D eigenvalue weighted by Gasteiger charge is 2.34. The van der Waals surface area contributed by atoms with Crippen LogP contribution in [0, 0.1) is 12.8 Å². The van der Waals surface area contributed by atoms with E-state index in [2.05, 4.69) is 28.8 Å². The molecule has 176 valence electrons. The number of para-hydroxylation sites is 1. The Kier molecular flexibility index (Phi) is 8.33. The Bertz CT molecular complexity index is 1030. The van der Waals surface area contributed by atoms with Gasteiger partial charge in [0.2, 0.25) is 18.0 Å². The van der Waals surface area contributed by atoms with E-state index in [1.807, 2.05) is 0 Å². The van der Waals surface area contributed by atoms with E-state index < -0.39 is 55.2 Å².